The van der Waals surface area contributed by atoms with E-state index in [1.54, 1.807) is 0 Å². The van der Waals surface area contributed by atoms with Crippen molar-refractivity contribution in [3.63, 3.8) is 0 Å². The van der Waals surface area contributed by atoms with Crippen LogP contribution >= 0.6 is 11.6 Å². The van der Waals surface area contributed by atoms with Crippen LogP contribution in [0.25, 0.3) is 11.3 Å². The molecule has 2 aromatic rings. The van der Waals surface area contributed by atoms with Crippen molar-refractivity contribution in [2.24, 2.45) is 17.8 Å². The minimum Gasteiger partial charge on any atom is -0.381 e. The van der Waals surface area contributed by atoms with E-state index in [4.69, 9.17) is 16.3 Å². The second-order valence-corrected chi connectivity index (χ2v) is 10.1. The summed E-state index contributed by atoms with van der Waals surface area (Å²) in [5.41, 5.74) is -1.60. The Balaban J connectivity index is 1.26. The Morgan fingerprint density at radius 2 is 1.76 bits per heavy atom. The third-order valence-electron chi connectivity index (χ3n) is 7.32. The lowest BCUT2D eigenvalue weighted by Gasteiger charge is -2.27. The van der Waals surface area contributed by atoms with Crippen molar-refractivity contribution in [2.45, 2.75) is 37.9 Å². The van der Waals surface area contributed by atoms with E-state index in [0.29, 0.717) is 17.8 Å². The number of likely N-dealkylation sites (tertiary alicyclic amines) is 1. The highest BCUT2D eigenvalue weighted by Gasteiger charge is 2.42. The quantitative estimate of drug-likeness (QED) is 0.551. The average Bonchev–Trinajstić information content (AvgIpc) is 3.33. The third kappa shape index (κ3) is 5.16. The molecule has 3 aliphatic rings. The number of hydrogen-bond donors (Lipinski definition) is 1. The normalized spacial score (nSPS) is 26.1. The first-order valence-electron chi connectivity index (χ1n) is 11.7. The van der Waals surface area contributed by atoms with E-state index in [9.17, 15) is 17.6 Å². The topological polar surface area (TPSA) is 50.3 Å². The van der Waals surface area contributed by atoms with Gasteiger partial charge in [-0.05, 0) is 67.7 Å². The number of rotatable bonds is 5. The molecule has 3 heterocycles. The lowest BCUT2D eigenvalue weighted by molar-refractivity contribution is -0.137. The minimum absolute atomic E-state index is 0.0177. The minimum atomic E-state index is -4.69. The van der Waals surface area contributed by atoms with Crippen molar-refractivity contribution in [2.75, 3.05) is 38.2 Å². The van der Waals surface area contributed by atoms with Gasteiger partial charge < -0.3 is 15.0 Å². The zero-order chi connectivity index (χ0) is 23.9. The van der Waals surface area contributed by atoms with Crippen LogP contribution in [0, 0.1) is 23.6 Å². The second-order valence-electron chi connectivity index (χ2n) is 9.72. The molecule has 2 saturated heterocycles. The number of halogens is 5. The molecule has 0 radical (unpaired) electrons. The van der Waals surface area contributed by atoms with Crippen molar-refractivity contribution in [3.05, 3.63) is 40.7 Å². The molecule has 1 aromatic heterocycles. The Hall–Kier alpha value is -1.97. The smallest absolute Gasteiger partial charge is 0.381 e. The van der Waals surface area contributed by atoms with Gasteiger partial charge in [0, 0.05) is 44.5 Å². The van der Waals surface area contributed by atoms with Crippen molar-refractivity contribution in [1.82, 2.24) is 15.1 Å². The summed E-state index contributed by atoms with van der Waals surface area (Å²) in [5.74, 6) is 1.16. The maximum atomic E-state index is 13.8. The Bertz CT molecular complexity index is 1020. The number of ether oxygens (including phenoxy) is 1. The first kappa shape index (κ1) is 23.8. The lowest BCUT2D eigenvalue weighted by Crippen LogP contribution is -2.32. The zero-order valence-electron chi connectivity index (χ0n) is 18.6. The Morgan fingerprint density at radius 1 is 1.06 bits per heavy atom. The average molecular weight is 499 g/mol. The SMILES string of the molecule is Fc1ccc(Cl)c(-c2nnc(NC3CC4CN(CC5CCOCC5)CC4C3)cc2C(F)(F)F)c1. The van der Waals surface area contributed by atoms with Gasteiger partial charge in [0.25, 0.3) is 0 Å². The van der Waals surface area contributed by atoms with E-state index in [2.05, 4.69) is 20.4 Å². The summed E-state index contributed by atoms with van der Waals surface area (Å²) >= 11 is 6.03. The Morgan fingerprint density at radius 3 is 2.44 bits per heavy atom. The highest BCUT2D eigenvalue weighted by atomic mass is 35.5. The van der Waals surface area contributed by atoms with Crippen LogP contribution in [0.1, 0.15) is 31.2 Å². The maximum absolute atomic E-state index is 13.8. The van der Waals surface area contributed by atoms with Gasteiger partial charge in [-0.1, -0.05) is 11.6 Å². The highest BCUT2D eigenvalue weighted by Crippen LogP contribution is 2.42. The first-order valence-corrected chi connectivity index (χ1v) is 12.1. The summed E-state index contributed by atoms with van der Waals surface area (Å²) in [4.78, 5) is 2.54. The largest absolute Gasteiger partial charge is 0.418 e. The molecule has 0 amide bonds. The summed E-state index contributed by atoms with van der Waals surface area (Å²) in [6, 6.07) is 4.25. The number of fused-ring (bicyclic) bond motifs is 1. The number of anilines is 1. The van der Waals surface area contributed by atoms with Crippen molar-refractivity contribution >= 4 is 17.4 Å². The van der Waals surface area contributed by atoms with E-state index in [1.165, 1.54) is 6.07 Å². The molecule has 5 rings (SSSR count). The molecule has 5 nitrogen and oxygen atoms in total. The maximum Gasteiger partial charge on any atom is 0.418 e. The summed E-state index contributed by atoms with van der Waals surface area (Å²) < 4.78 is 60.6. The fraction of sp³-hybridized carbons (Fsp3) is 0.583. The monoisotopic (exact) mass is 498 g/mol. The Kier molecular flexibility index (Phi) is 6.70. The molecule has 34 heavy (non-hydrogen) atoms. The van der Waals surface area contributed by atoms with Gasteiger partial charge in [-0.2, -0.15) is 13.2 Å². The predicted octanol–water partition coefficient (Wildman–Crippen LogP) is 5.50. The number of aromatic nitrogens is 2. The molecule has 0 bridgehead atoms. The molecule has 2 aliphatic heterocycles. The summed E-state index contributed by atoms with van der Waals surface area (Å²) in [6.07, 6.45) is -0.654. The molecule has 1 saturated carbocycles. The predicted molar refractivity (Wildman–Crippen MR) is 121 cm³/mol. The van der Waals surface area contributed by atoms with Crippen LogP contribution in [-0.4, -0.2) is 54.0 Å². The third-order valence-corrected chi connectivity index (χ3v) is 7.65. The van der Waals surface area contributed by atoms with E-state index < -0.39 is 23.3 Å². The van der Waals surface area contributed by atoms with Gasteiger partial charge >= 0.3 is 6.18 Å². The van der Waals surface area contributed by atoms with Gasteiger partial charge in [-0.15, -0.1) is 10.2 Å². The van der Waals surface area contributed by atoms with Gasteiger partial charge in [-0.25, -0.2) is 4.39 Å². The number of nitrogens with zero attached hydrogens (tertiary/aromatic N) is 3. The molecule has 10 heteroatoms. The van der Waals surface area contributed by atoms with Crippen molar-refractivity contribution < 1.29 is 22.3 Å². The van der Waals surface area contributed by atoms with Crippen LogP contribution in [0.15, 0.2) is 24.3 Å². The fourth-order valence-electron chi connectivity index (χ4n) is 5.72. The van der Waals surface area contributed by atoms with Crippen LogP contribution in [0.4, 0.5) is 23.4 Å². The number of nitrogens with one attached hydrogen (secondary N) is 1. The molecule has 2 atom stereocenters. The van der Waals surface area contributed by atoms with Crippen LogP contribution < -0.4 is 5.32 Å². The molecule has 1 aromatic carbocycles. The van der Waals surface area contributed by atoms with Gasteiger partial charge in [0.05, 0.1) is 10.6 Å². The van der Waals surface area contributed by atoms with Gasteiger partial charge in [0.15, 0.2) is 0 Å². The van der Waals surface area contributed by atoms with Crippen LogP contribution in [0.3, 0.4) is 0 Å². The van der Waals surface area contributed by atoms with Crippen molar-refractivity contribution in [3.8, 4) is 11.3 Å². The molecule has 1 aliphatic carbocycles. The molecular weight excluding hydrogens is 472 g/mol. The fourth-order valence-corrected chi connectivity index (χ4v) is 5.93. The molecule has 3 fully saturated rings. The van der Waals surface area contributed by atoms with Gasteiger partial charge in [0.2, 0.25) is 0 Å². The first-order chi connectivity index (χ1) is 16.3. The number of alkyl halides is 3. The summed E-state index contributed by atoms with van der Waals surface area (Å²) in [5, 5.41) is 10.9. The number of benzene rings is 1. The second kappa shape index (κ2) is 9.59. The van der Waals surface area contributed by atoms with Crippen LogP contribution in [0.5, 0.6) is 0 Å². The van der Waals surface area contributed by atoms with Crippen molar-refractivity contribution in [1.29, 1.82) is 0 Å². The molecular formula is C24H27ClF4N4O. The van der Waals surface area contributed by atoms with Crippen LogP contribution in [0.2, 0.25) is 5.02 Å². The molecule has 184 valence electrons. The summed E-state index contributed by atoms with van der Waals surface area (Å²) in [7, 11) is 0. The molecule has 0 spiro atoms. The molecule has 1 N–H and O–H groups in total. The van der Waals surface area contributed by atoms with E-state index in [1.807, 2.05) is 0 Å². The van der Waals surface area contributed by atoms with Gasteiger partial charge in [0.1, 0.15) is 17.3 Å². The van der Waals surface area contributed by atoms with E-state index in [0.717, 1.165) is 76.7 Å². The van der Waals surface area contributed by atoms with Crippen LogP contribution in [-0.2, 0) is 10.9 Å². The molecule has 2 unspecified atom stereocenters. The zero-order valence-corrected chi connectivity index (χ0v) is 19.4. The lowest BCUT2D eigenvalue weighted by atomic mass is 10.00. The summed E-state index contributed by atoms with van der Waals surface area (Å²) in [6.45, 7) is 4.89. The Labute approximate surface area is 200 Å². The van der Waals surface area contributed by atoms with Gasteiger partial charge in [-0.3, -0.25) is 0 Å². The standard InChI is InChI=1S/C24H27ClF4N4O/c25-21-2-1-17(26)9-19(21)23-20(24(27,28)29)10-22(31-32-23)30-18-7-15-12-33(13-16(15)8-18)11-14-3-5-34-6-4-14/h1-2,9-10,14-16,18H,3-8,11-13H2,(H,30,31). The van der Waals surface area contributed by atoms with E-state index >= 15 is 0 Å². The highest BCUT2D eigenvalue weighted by molar-refractivity contribution is 6.33. The van der Waals surface area contributed by atoms with E-state index in [-0.39, 0.29) is 22.4 Å². The number of hydrogen-bond acceptors (Lipinski definition) is 5.